The third-order valence-corrected chi connectivity index (χ3v) is 1.76. The minimum Gasteiger partial charge on any atom is -0.336 e. The summed E-state index contributed by atoms with van der Waals surface area (Å²) in [5.41, 5.74) is 0. The van der Waals surface area contributed by atoms with Crippen molar-refractivity contribution in [2.75, 3.05) is 0 Å². The van der Waals surface area contributed by atoms with Gasteiger partial charge in [-0.2, -0.15) is 4.98 Å². The average Bonchev–Trinajstić information content (AvgIpc) is 2.30. The summed E-state index contributed by atoms with van der Waals surface area (Å²) in [6.45, 7) is 0. The Labute approximate surface area is 92.9 Å². The molecular formula is C4HCl5N2O. The first-order chi connectivity index (χ1) is 5.41. The zero-order valence-electron chi connectivity index (χ0n) is 5.27. The van der Waals surface area contributed by atoms with Crippen molar-refractivity contribution >= 4 is 58.0 Å². The summed E-state index contributed by atoms with van der Waals surface area (Å²) in [6.07, 6.45) is 0. The number of rotatable bonds is 1. The van der Waals surface area contributed by atoms with Crippen molar-refractivity contribution in [3.8, 4) is 0 Å². The monoisotopic (exact) mass is 268 g/mol. The lowest BCUT2D eigenvalue weighted by Crippen LogP contribution is -2.02. The second-order valence-electron chi connectivity index (χ2n) is 1.75. The van der Waals surface area contributed by atoms with Crippen molar-refractivity contribution in [3.05, 3.63) is 11.7 Å². The number of halogens is 5. The van der Waals surface area contributed by atoms with Gasteiger partial charge in [0.2, 0.25) is 5.82 Å². The van der Waals surface area contributed by atoms with Crippen LogP contribution in [0, 0.1) is 0 Å². The van der Waals surface area contributed by atoms with Crippen LogP contribution in [0.1, 0.15) is 16.6 Å². The highest BCUT2D eigenvalue weighted by Gasteiger charge is 2.30. The van der Waals surface area contributed by atoms with E-state index in [9.17, 15) is 0 Å². The average molecular weight is 270 g/mol. The molecule has 1 rings (SSSR count). The lowest BCUT2D eigenvalue weighted by Gasteiger charge is -2.01. The van der Waals surface area contributed by atoms with E-state index in [-0.39, 0.29) is 11.7 Å². The van der Waals surface area contributed by atoms with E-state index in [1.54, 1.807) is 0 Å². The fourth-order valence-electron chi connectivity index (χ4n) is 0.439. The molecule has 0 spiro atoms. The molecule has 0 aromatic carbocycles. The Morgan fingerprint density at radius 1 is 1.25 bits per heavy atom. The van der Waals surface area contributed by atoms with E-state index in [0.29, 0.717) is 0 Å². The highest BCUT2D eigenvalue weighted by atomic mass is 35.6. The van der Waals surface area contributed by atoms with Gasteiger partial charge in [0.25, 0.3) is 9.68 Å². The Bertz CT molecular complexity index is 267. The maximum Gasteiger partial charge on any atom is 0.260 e. The second-order valence-corrected chi connectivity index (χ2v) is 5.13. The zero-order chi connectivity index (χ0) is 9.35. The zero-order valence-corrected chi connectivity index (χ0v) is 9.05. The van der Waals surface area contributed by atoms with Crippen LogP contribution in [0.5, 0.6) is 0 Å². The molecule has 0 saturated carbocycles. The summed E-state index contributed by atoms with van der Waals surface area (Å²) < 4.78 is 2.86. The van der Waals surface area contributed by atoms with Crippen molar-refractivity contribution in [2.45, 2.75) is 8.63 Å². The molecule has 1 heterocycles. The van der Waals surface area contributed by atoms with Crippen LogP contribution in [0.25, 0.3) is 0 Å². The first-order valence-corrected chi connectivity index (χ1v) is 4.61. The molecular weight excluding hydrogens is 269 g/mol. The molecule has 0 aliphatic carbocycles. The Morgan fingerprint density at radius 3 is 2.08 bits per heavy atom. The lowest BCUT2D eigenvalue weighted by atomic mass is 10.7. The number of hydrogen-bond acceptors (Lipinski definition) is 3. The van der Waals surface area contributed by atoms with Crippen LogP contribution < -0.4 is 0 Å². The molecule has 0 fully saturated rings. The van der Waals surface area contributed by atoms with Gasteiger partial charge in [-0.15, -0.1) is 0 Å². The molecule has 0 amide bonds. The smallest absolute Gasteiger partial charge is 0.260 e. The Kier molecular flexibility index (Phi) is 3.34. The van der Waals surface area contributed by atoms with E-state index in [0.717, 1.165) is 0 Å². The highest BCUT2D eigenvalue weighted by molar-refractivity contribution is 6.66. The fourth-order valence-corrected chi connectivity index (χ4v) is 0.847. The fraction of sp³-hybridized carbons (Fsp3) is 0.500. The number of aromatic nitrogens is 2. The summed E-state index contributed by atoms with van der Waals surface area (Å²) in [4.78, 5) is 2.73. The summed E-state index contributed by atoms with van der Waals surface area (Å²) in [5, 5.41) is 3.36. The highest BCUT2D eigenvalue weighted by Crippen LogP contribution is 2.37. The van der Waals surface area contributed by atoms with Gasteiger partial charge >= 0.3 is 0 Å². The van der Waals surface area contributed by atoms with Crippen LogP contribution in [0.15, 0.2) is 4.52 Å². The molecule has 68 valence electrons. The van der Waals surface area contributed by atoms with Gasteiger partial charge < -0.3 is 4.52 Å². The number of alkyl halides is 5. The minimum atomic E-state index is -1.72. The first kappa shape index (κ1) is 10.7. The molecule has 0 N–H and O–H groups in total. The summed E-state index contributed by atoms with van der Waals surface area (Å²) >= 11 is 27.1. The summed E-state index contributed by atoms with van der Waals surface area (Å²) in [5.74, 6) is -0.0894. The van der Waals surface area contributed by atoms with E-state index < -0.39 is 8.63 Å². The first-order valence-electron chi connectivity index (χ1n) is 2.60. The van der Waals surface area contributed by atoms with Crippen LogP contribution in [0.2, 0.25) is 0 Å². The van der Waals surface area contributed by atoms with Crippen molar-refractivity contribution in [3.63, 3.8) is 0 Å². The van der Waals surface area contributed by atoms with E-state index in [2.05, 4.69) is 14.7 Å². The molecule has 0 unspecified atom stereocenters. The van der Waals surface area contributed by atoms with Crippen LogP contribution in [-0.2, 0) is 3.79 Å². The van der Waals surface area contributed by atoms with Crippen LogP contribution in [-0.4, -0.2) is 10.1 Å². The molecule has 0 aliphatic rings. The molecule has 1 aromatic heterocycles. The normalized spacial score (nSPS) is 12.5. The van der Waals surface area contributed by atoms with Crippen LogP contribution in [0.3, 0.4) is 0 Å². The molecule has 0 atom stereocenters. The van der Waals surface area contributed by atoms with Gasteiger partial charge in [0.1, 0.15) is 0 Å². The molecule has 0 saturated heterocycles. The predicted molar refractivity (Wildman–Crippen MR) is 48.0 cm³/mol. The van der Waals surface area contributed by atoms with E-state index in [1.807, 2.05) is 0 Å². The largest absolute Gasteiger partial charge is 0.336 e. The Morgan fingerprint density at radius 2 is 1.83 bits per heavy atom. The van der Waals surface area contributed by atoms with Crippen molar-refractivity contribution in [1.29, 1.82) is 0 Å². The van der Waals surface area contributed by atoms with Gasteiger partial charge in [-0.3, -0.25) is 0 Å². The molecule has 0 radical (unpaired) electrons. The summed E-state index contributed by atoms with van der Waals surface area (Å²) in [7, 11) is 0. The standard InChI is InChI=1S/C4HCl5N2O/c5-1(6)2-10-3(11-12-2)4(7,8)9/h1H. The third kappa shape index (κ3) is 2.54. The minimum absolute atomic E-state index is 0.000316. The quantitative estimate of drug-likeness (QED) is 0.734. The van der Waals surface area contributed by atoms with Crippen molar-refractivity contribution in [1.82, 2.24) is 10.1 Å². The SMILES string of the molecule is ClC(Cl)c1nc(C(Cl)(Cl)Cl)no1. The van der Waals surface area contributed by atoms with Gasteiger partial charge in [0, 0.05) is 0 Å². The second kappa shape index (κ2) is 3.76. The maximum absolute atomic E-state index is 5.44. The molecule has 8 heteroatoms. The van der Waals surface area contributed by atoms with Gasteiger partial charge in [-0.25, -0.2) is 0 Å². The van der Waals surface area contributed by atoms with E-state index in [4.69, 9.17) is 58.0 Å². The summed E-state index contributed by atoms with van der Waals surface area (Å²) in [6, 6.07) is 0. The molecule has 0 aliphatic heterocycles. The Balaban J connectivity index is 2.92. The molecule has 0 bridgehead atoms. The van der Waals surface area contributed by atoms with Gasteiger partial charge in [-0.05, 0) is 0 Å². The van der Waals surface area contributed by atoms with Crippen molar-refractivity contribution < 1.29 is 4.52 Å². The number of nitrogens with zero attached hydrogens (tertiary/aromatic N) is 2. The van der Waals surface area contributed by atoms with E-state index >= 15 is 0 Å². The molecule has 12 heavy (non-hydrogen) atoms. The Hall–Kier alpha value is 0.590. The van der Waals surface area contributed by atoms with Crippen LogP contribution >= 0.6 is 58.0 Å². The van der Waals surface area contributed by atoms with Crippen LogP contribution in [0.4, 0.5) is 0 Å². The third-order valence-electron chi connectivity index (χ3n) is 0.882. The molecule has 3 nitrogen and oxygen atoms in total. The maximum atomic E-state index is 5.44. The number of hydrogen-bond donors (Lipinski definition) is 0. The van der Waals surface area contributed by atoms with Gasteiger partial charge in [0.05, 0.1) is 0 Å². The predicted octanol–water partition coefficient (Wildman–Crippen LogP) is 3.37. The van der Waals surface area contributed by atoms with E-state index in [1.165, 1.54) is 0 Å². The van der Waals surface area contributed by atoms with Crippen molar-refractivity contribution in [2.24, 2.45) is 0 Å². The topological polar surface area (TPSA) is 38.9 Å². The molecule has 1 aromatic rings. The van der Waals surface area contributed by atoms with Gasteiger partial charge in [-0.1, -0.05) is 63.2 Å². The lowest BCUT2D eigenvalue weighted by molar-refractivity contribution is 0.382. The van der Waals surface area contributed by atoms with Gasteiger partial charge in [0.15, 0.2) is 4.84 Å².